The molecule has 0 aliphatic carbocycles. The first-order chi connectivity index (χ1) is 11.1. The van der Waals surface area contributed by atoms with Crippen molar-refractivity contribution in [2.45, 2.75) is 20.3 Å². The molecule has 0 bridgehead atoms. The molecule has 0 unspecified atom stereocenters. The number of aromatic nitrogens is 2. The van der Waals surface area contributed by atoms with Crippen molar-refractivity contribution < 1.29 is 4.74 Å². The lowest BCUT2D eigenvalue weighted by atomic mass is 10.1. The molecule has 0 atom stereocenters. The fourth-order valence-electron chi connectivity index (χ4n) is 2.45. The van der Waals surface area contributed by atoms with Crippen LogP contribution in [0.4, 0.5) is 0 Å². The van der Waals surface area contributed by atoms with Crippen molar-refractivity contribution in [3.05, 3.63) is 53.2 Å². The van der Waals surface area contributed by atoms with E-state index in [9.17, 15) is 0 Å². The van der Waals surface area contributed by atoms with E-state index in [-0.39, 0.29) is 0 Å². The molecule has 0 fully saturated rings. The van der Waals surface area contributed by atoms with Crippen LogP contribution in [-0.4, -0.2) is 16.0 Å². The van der Waals surface area contributed by atoms with E-state index in [1.807, 2.05) is 38.1 Å². The van der Waals surface area contributed by atoms with Gasteiger partial charge in [0.2, 0.25) is 0 Å². The molecular weight excluding hydrogens is 306 g/mol. The molecule has 0 saturated carbocycles. The zero-order chi connectivity index (χ0) is 16.4. The second-order valence-electron chi connectivity index (χ2n) is 5.51. The van der Waals surface area contributed by atoms with Crippen LogP contribution < -0.4 is 4.74 Å². The summed E-state index contributed by atoms with van der Waals surface area (Å²) in [5.41, 5.74) is 4.89. The van der Waals surface area contributed by atoms with Gasteiger partial charge in [0.25, 0.3) is 0 Å². The molecule has 0 aliphatic rings. The van der Waals surface area contributed by atoms with Crippen molar-refractivity contribution in [2.24, 2.45) is 0 Å². The minimum absolute atomic E-state index is 0.335. The number of nitriles is 1. The Morgan fingerprint density at radius 3 is 2.78 bits per heavy atom. The Hall–Kier alpha value is -2.58. The van der Waals surface area contributed by atoms with Crippen LogP contribution in [0.1, 0.15) is 18.3 Å². The summed E-state index contributed by atoms with van der Waals surface area (Å²) in [6.45, 7) is 8.30. The van der Waals surface area contributed by atoms with E-state index in [0.29, 0.717) is 13.0 Å². The first kappa shape index (κ1) is 15.3. The van der Waals surface area contributed by atoms with E-state index in [4.69, 9.17) is 15.0 Å². The van der Waals surface area contributed by atoms with Gasteiger partial charge in [-0.05, 0) is 43.7 Å². The van der Waals surface area contributed by atoms with Gasteiger partial charge in [0.15, 0.2) is 4.96 Å². The average Bonchev–Trinajstić information content (AvgIpc) is 3.07. The lowest BCUT2D eigenvalue weighted by Gasteiger charge is -2.07. The summed E-state index contributed by atoms with van der Waals surface area (Å²) in [5, 5.41) is 11.2. The molecule has 3 rings (SSSR count). The molecule has 1 aromatic carbocycles. The summed E-state index contributed by atoms with van der Waals surface area (Å²) in [5.74, 6) is 0.802. The maximum atomic E-state index is 9.15. The maximum Gasteiger partial charge on any atom is 0.194 e. The van der Waals surface area contributed by atoms with Crippen LogP contribution >= 0.6 is 11.3 Å². The molecule has 2 heterocycles. The first-order valence-corrected chi connectivity index (χ1v) is 8.18. The summed E-state index contributed by atoms with van der Waals surface area (Å²) in [7, 11) is 0. The highest BCUT2D eigenvalue weighted by molar-refractivity contribution is 7.15. The highest BCUT2D eigenvalue weighted by Gasteiger charge is 2.16. The van der Waals surface area contributed by atoms with Crippen LogP contribution in [0.15, 0.2) is 41.8 Å². The Balaban J connectivity index is 1.98. The second kappa shape index (κ2) is 6.27. The normalized spacial score (nSPS) is 10.7. The van der Waals surface area contributed by atoms with Gasteiger partial charge in [0.05, 0.1) is 23.9 Å². The number of thiazole rings is 1. The van der Waals surface area contributed by atoms with Crippen molar-refractivity contribution in [2.75, 3.05) is 6.61 Å². The van der Waals surface area contributed by atoms with Crippen molar-refractivity contribution in [3.8, 4) is 23.1 Å². The van der Waals surface area contributed by atoms with Gasteiger partial charge in [-0.2, -0.15) is 5.26 Å². The van der Waals surface area contributed by atoms with Gasteiger partial charge in [0, 0.05) is 16.6 Å². The monoisotopic (exact) mass is 323 g/mol. The quantitative estimate of drug-likeness (QED) is 0.654. The average molecular weight is 323 g/mol. The molecule has 0 radical (unpaired) electrons. The topological polar surface area (TPSA) is 50.3 Å². The summed E-state index contributed by atoms with van der Waals surface area (Å²) in [6.07, 6.45) is 0.335. The number of nitrogens with zero attached hydrogens (tertiary/aromatic N) is 3. The Bertz CT molecular complexity index is 897. The number of hydrogen-bond acceptors (Lipinski definition) is 4. The van der Waals surface area contributed by atoms with E-state index in [0.717, 1.165) is 38.9 Å². The number of fused-ring (bicyclic) bond motifs is 1. The standard InChI is InChI=1S/C18H17N3OS/c1-12(2)10-22-15-6-4-14(5-7-15)17-16(8-9-19)21-13(3)11-23-18(21)20-17/h4-7,11H,1,8,10H2,2-3H3. The molecule has 0 amide bonds. The Morgan fingerprint density at radius 1 is 1.39 bits per heavy atom. The molecule has 116 valence electrons. The third-order valence-electron chi connectivity index (χ3n) is 3.49. The minimum Gasteiger partial charge on any atom is -0.489 e. The largest absolute Gasteiger partial charge is 0.489 e. The predicted molar refractivity (Wildman–Crippen MR) is 92.9 cm³/mol. The predicted octanol–water partition coefficient (Wildman–Crippen LogP) is 4.39. The Labute approximate surface area is 139 Å². The van der Waals surface area contributed by atoms with Crippen LogP contribution in [0.5, 0.6) is 5.75 Å². The summed E-state index contributed by atoms with van der Waals surface area (Å²) >= 11 is 1.59. The highest BCUT2D eigenvalue weighted by atomic mass is 32.1. The molecule has 0 saturated heterocycles. The Kier molecular flexibility index (Phi) is 4.18. The summed E-state index contributed by atoms with van der Waals surface area (Å²) < 4.78 is 7.69. The minimum atomic E-state index is 0.335. The van der Waals surface area contributed by atoms with Gasteiger partial charge >= 0.3 is 0 Å². The van der Waals surface area contributed by atoms with Gasteiger partial charge in [-0.15, -0.1) is 11.3 Å². The molecule has 0 spiro atoms. The van der Waals surface area contributed by atoms with Gasteiger partial charge in [-0.1, -0.05) is 6.58 Å². The van der Waals surface area contributed by atoms with Crippen LogP contribution in [-0.2, 0) is 6.42 Å². The molecule has 2 aromatic heterocycles. The van der Waals surface area contributed by atoms with Gasteiger partial charge < -0.3 is 4.74 Å². The molecule has 4 nitrogen and oxygen atoms in total. The number of hydrogen-bond donors (Lipinski definition) is 0. The zero-order valence-electron chi connectivity index (χ0n) is 13.2. The number of aryl methyl sites for hydroxylation is 1. The lowest BCUT2D eigenvalue weighted by Crippen LogP contribution is -1.97. The van der Waals surface area contributed by atoms with Crippen molar-refractivity contribution in [3.63, 3.8) is 0 Å². The van der Waals surface area contributed by atoms with Crippen LogP contribution in [0.2, 0.25) is 0 Å². The number of ether oxygens (including phenoxy) is 1. The molecular formula is C18H17N3OS. The zero-order valence-corrected chi connectivity index (χ0v) is 14.0. The molecule has 0 N–H and O–H groups in total. The number of imidazole rings is 1. The molecule has 23 heavy (non-hydrogen) atoms. The van der Waals surface area contributed by atoms with Crippen molar-refractivity contribution in [1.29, 1.82) is 5.26 Å². The summed E-state index contributed by atoms with van der Waals surface area (Å²) in [4.78, 5) is 5.62. The molecule has 5 heteroatoms. The van der Waals surface area contributed by atoms with E-state index in [1.165, 1.54) is 0 Å². The number of rotatable bonds is 5. The second-order valence-corrected chi connectivity index (χ2v) is 6.34. The fourth-order valence-corrected chi connectivity index (χ4v) is 3.33. The lowest BCUT2D eigenvalue weighted by molar-refractivity contribution is 0.353. The van der Waals surface area contributed by atoms with Crippen LogP contribution in [0.25, 0.3) is 16.2 Å². The third kappa shape index (κ3) is 2.99. The van der Waals surface area contributed by atoms with Crippen molar-refractivity contribution >= 4 is 16.3 Å². The van der Waals surface area contributed by atoms with Crippen LogP contribution in [0, 0.1) is 18.3 Å². The molecule has 0 aliphatic heterocycles. The van der Waals surface area contributed by atoms with Crippen molar-refractivity contribution in [1.82, 2.24) is 9.38 Å². The van der Waals surface area contributed by atoms with Gasteiger partial charge in [0.1, 0.15) is 12.4 Å². The highest BCUT2D eigenvalue weighted by Crippen LogP contribution is 2.29. The fraction of sp³-hybridized carbons (Fsp3) is 0.222. The smallest absolute Gasteiger partial charge is 0.194 e. The van der Waals surface area contributed by atoms with E-state index in [2.05, 4.69) is 22.4 Å². The van der Waals surface area contributed by atoms with Crippen LogP contribution in [0.3, 0.4) is 0 Å². The van der Waals surface area contributed by atoms with Gasteiger partial charge in [-0.3, -0.25) is 4.40 Å². The van der Waals surface area contributed by atoms with E-state index < -0.39 is 0 Å². The molecule has 3 aromatic rings. The summed E-state index contributed by atoms with van der Waals surface area (Å²) in [6, 6.07) is 10.1. The maximum absolute atomic E-state index is 9.15. The number of benzene rings is 1. The van der Waals surface area contributed by atoms with E-state index in [1.54, 1.807) is 11.3 Å². The van der Waals surface area contributed by atoms with E-state index >= 15 is 0 Å². The SMILES string of the molecule is C=C(C)COc1ccc(-c2nc3scc(C)n3c2CC#N)cc1. The Morgan fingerprint density at radius 2 is 2.13 bits per heavy atom. The first-order valence-electron chi connectivity index (χ1n) is 7.30. The van der Waals surface area contributed by atoms with Gasteiger partial charge in [-0.25, -0.2) is 4.98 Å². The third-order valence-corrected chi connectivity index (χ3v) is 4.43.